The van der Waals surface area contributed by atoms with Gasteiger partial charge in [-0.1, -0.05) is 19.1 Å². The van der Waals surface area contributed by atoms with Crippen LogP contribution in [-0.4, -0.2) is 47.6 Å². The lowest BCUT2D eigenvalue weighted by atomic mass is 9.98. The van der Waals surface area contributed by atoms with Crippen LogP contribution in [0.25, 0.3) is 0 Å². The maximum absolute atomic E-state index is 12.6. The number of carboxylic acids is 1. The fraction of sp³-hybridized carbons (Fsp3) is 0.529. The van der Waals surface area contributed by atoms with Gasteiger partial charge >= 0.3 is 12.1 Å². The van der Waals surface area contributed by atoms with Crippen molar-refractivity contribution in [2.45, 2.75) is 38.9 Å². The van der Waals surface area contributed by atoms with Crippen molar-refractivity contribution in [1.82, 2.24) is 10.2 Å². The van der Waals surface area contributed by atoms with Crippen LogP contribution in [0.2, 0.25) is 0 Å². The highest BCUT2D eigenvalue weighted by Gasteiger charge is 2.30. The standard InChI is InChI=1S/C17H23F3N2O3/c1-11(14-4-6-15(7-5-14)17(18,19)20)10-22(12(2)16(24)25)9-8-21-13(3)23/h4-7,11-12H,8-10H2,1-3H3,(H,21,23)(H,24,25). The van der Waals surface area contributed by atoms with Crippen molar-refractivity contribution in [2.24, 2.45) is 0 Å². The smallest absolute Gasteiger partial charge is 0.416 e. The highest BCUT2D eigenvalue weighted by molar-refractivity contribution is 5.73. The van der Waals surface area contributed by atoms with Gasteiger partial charge in [-0.25, -0.2) is 0 Å². The van der Waals surface area contributed by atoms with Crippen molar-refractivity contribution in [3.63, 3.8) is 0 Å². The lowest BCUT2D eigenvalue weighted by Gasteiger charge is -2.29. The maximum Gasteiger partial charge on any atom is 0.416 e. The first-order chi connectivity index (χ1) is 11.5. The predicted molar refractivity (Wildman–Crippen MR) is 87.2 cm³/mol. The van der Waals surface area contributed by atoms with Crippen LogP contribution in [0.1, 0.15) is 37.8 Å². The third-order valence-electron chi connectivity index (χ3n) is 3.99. The van der Waals surface area contributed by atoms with Crippen LogP contribution in [0.5, 0.6) is 0 Å². The van der Waals surface area contributed by atoms with Crippen molar-refractivity contribution in [3.8, 4) is 0 Å². The molecule has 0 spiro atoms. The maximum atomic E-state index is 12.6. The molecule has 140 valence electrons. The number of alkyl halides is 3. The molecule has 0 saturated carbocycles. The zero-order valence-electron chi connectivity index (χ0n) is 14.4. The highest BCUT2D eigenvalue weighted by atomic mass is 19.4. The molecule has 2 unspecified atom stereocenters. The summed E-state index contributed by atoms with van der Waals surface area (Å²) in [5.74, 6) is -1.37. The van der Waals surface area contributed by atoms with Gasteiger partial charge < -0.3 is 10.4 Å². The molecule has 5 nitrogen and oxygen atoms in total. The third kappa shape index (κ3) is 6.74. The quantitative estimate of drug-likeness (QED) is 0.748. The highest BCUT2D eigenvalue weighted by Crippen LogP contribution is 2.30. The van der Waals surface area contributed by atoms with Gasteiger partial charge in [-0.3, -0.25) is 14.5 Å². The Balaban J connectivity index is 2.80. The molecule has 1 aromatic rings. The molecule has 0 aliphatic heterocycles. The van der Waals surface area contributed by atoms with Gasteiger partial charge in [0.2, 0.25) is 5.91 Å². The number of carbonyl (C=O) groups excluding carboxylic acids is 1. The van der Waals surface area contributed by atoms with E-state index < -0.39 is 23.8 Å². The molecule has 0 fully saturated rings. The van der Waals surface area contributed by atoms with E-state index in [2.05, 4.69) is 5.32 Å². The molecule has 0 aliphatic carbocycles. The lowest BCUT2D eigenvalue weighted by Crippen LogP contribution is -2.44. The number of carboxylic acid groups (broad SMARTS) is 1. The van der Waals surface area contributed by atoms with E-state index in [1.54, 1.807) is 4.90 Å². The Labute approximate surface area is 144 Å². The van der Waals surface area contributed by atoms with E-state index in [9.17, 15) is 27.9 Å². The molecule has 1 rings (SSSR count). The average Bonchev–Trinajstić information content (AvgIpc) is 2.52. The molecule has 0 aliphatic rings. The monoisotopic (exact) mass is 360 g/mol. The summed E-state index contributed by atoms with van der Waals surface area (Å²) in [6.07, 6.45) is -4.38. The van der Waals surface area contributed by atoms with Gasteiger partial charge in [-0.2, -0.15) is 13.2 Å². The fourth-order valence-corrected chi connectivity index (χ4v) is 2.43. The Morgan fingerprint density at radius 2 is 1.76 bits per heavy atom. The number of nitrogens with zero attached hydrogens (tertiary/aromatic N) is 1. The summed E-state index contributed by atoms with van der Waals surface area (Å²) in [5, 5.41) is 11.8. The van der Waals surface area contributed by atoms with Crippen LogP contribution in [0, 0.1) is 0 Å². The minimum absolute atomic E-state index is 0.165. The molecule has 2 N–H and O–H groups in total. The number of rotatable bonds is 8. The number of halogens is 3. The second-order valence-corrected chi connectivity index (χ2v) is 6.01. The van der Waals surface area contributed by atoms with E-state index in [-0.39, 0.29) is 11.8 Å². The number of hydrogen-bond acceptors (Lipinski definition) is 3. The SMILES string of the molecule is CC(=O)NCCN(CC(C)c1ccc(C(F)(F)F)cc1)C(C)C(=O)O. The Bertz CT molecular complexity index is 588. The first-order valence-electron chi connectivity index (χ1n) is 7.90. The second kappa shape index (κ2) is 8.84. The van der Waals surface area contributed by atoms with Crippen LogP contribution >= 0.6 is 0 Å². The predicted octanol–water partition coefficient (Wildman–Crippen LogP) is 2.72. The first kappa shape index (κ1) is 21.0. The molecule has 8 heteroatoms. The minimum atomic E-state index is -4.38. The average molecular weight is 360 g/mol. The summed E-state index contributed by atoms with van der Waals surface area (Å²) < 4.78 is 37.9. The lowest BCUT2D eigenvalue weighted by molar-refractivity contribution is -0.142. The zero-order chi connectivity index (χ0) is 19.2. The van der Waals surface area contributed by atoms with E-state index in [1.165, 1.54) is 26.0 Å². The Hall–Kier alpha value is -2.09. The van der Waals surface area contributed by atoms with Crippen LogP contribution < -0.4 is 5.32 Å². The number of nitrogens with one attached hydrogen (secondary N) is 1. The Kier molecular flexibility index (Phi) is 7.41. The van der Waals surface area contributed by atoms with Crippen molar-refractivity contribution >= 4 is 11.9 Å². The van der Waals surface area contributed by atoms with Gasteiger partial charge in [0.1, 0.15) is 6.04 Å². The van der Waals surface area contributed by atoms with Crippen LogP contribution in [-0.2, 0) is 15.8 Å². The minimum Gasteiger partial charge on any atom is -0.480 e. The molecule has 1 amide bonds. The molecule has 0 aromatic heterocycles. The summed E-state index contributed by atoms with van der Waals surface area (Å²) in [5.41, 5.74) is -0.0278. The molecule has 0 bridgehead atoms. The summed E-state index contributed by atoms with van der Waals surface area (Å²) in [4.78, 5) is 23.9. The van der Waals surface area contributed by atoms with E-state index in [4.69, 9.17) is 0 Å². The third-order valence-corrected chi connectivity index (χ3v) is 3.99. The van der Waals surface area contributed by atoms with Crippen molar-refractivity contribution < 1.29 is 27.9 Å². The van der Waals surface area contributed by atoms with Crippen LogP contribution in [0.3, 0.4) is 0 Å². The molecule has 2 atom stereocenters. The number of aliphatic carboxylic acids is 1. The van der Waals surface area contributed by atoms with Gasteiger partial charge in [-0.15, -0.1) is 0 Å². The first-order valence-corrected chi connectivity index (χ1v) is 7.90. The second-order valence-electron chi connectivity index (χ2n) is 6.01. The van der Waals surface area contributed by atoms with Gasteiger partial charge in [0.15, 0.2) is 0 Å². The summed E-state index contributed by atoms with van der Waals surface area (Å²) in [6, 6.07) is 4.09. The van der Waals surface area contributed by atoms with Crippen molar-refractivity contribution in [1.29, 1.82) is 0 Å². The zero-order valence-corrected chi connectivity index (χ0v) is 14.4. The summed E-state index contributed by atoms with van der Waals surface area (Å²) >= 11 is 0. The van der Waals surface area contributed by atoms with Crippen LogP contribution in [0.4, 0.5) is 13.2 Å². The normalized spacial score (nSPS) is 14.2. The van der Waals surface area contributed by atoms with E-state index in [0.29, 0.717) is 25.2 Å². The Morgan fingerprint density at radius 3 is 2.20 bits per heavy atom. The number of amides is 1. The van der Waals surface area contributed by atoms with Gasteiger partial charge in [-0.05, 0) is 30.5 Å². The largest absolute Gasteiger partial charge is 0.480 e. The topological polar surface area (TPSA) is 69.6 Å². The van der Waals surface area contributed by atoms with Crippen LogP contribution in [0.15, 0.2) is 24.3 Å². The number of benzene rings is 1. The molecule has 0 radical (unpaired) electrons. The van der Waals surface area contributed by atoms with E-state index in [1.807, 2.05) is 6.92 Å². The molecular formula is C17H23F3N2O3. The van der Waals surface area contributed by atoms with E-state index in [0.717, 1.165) is 12.1 Å². The van der Waals surface area contributed by atoms with Crippen molar-refractivity contribution in [2.75, 3.05) is 19.6 Å². The molecule has 25 heavy (non-hydrogen) atoms. The molecule has 0 heterocycles. The molecular weight excluding hydrogens is 337 g/mol. The van der Waals surface area contributed by atoms with E-state index >= 15 is 0 Å². The fourth-order valence-electron chi connectivity index (χ4n) is 2.43. The van der Waals surface area contributed by atoms with Gasteiger partial charge in [0.05, 0.1) is 5.56 Å². The summed E-state index contributed by atoms with van der Waals surface area (Å²) in [6.45, 7) is 5.71. The Morgan fingerprint density at radius 1 is 1.20 bits per heavy atom. The van der Waals surface area contributed by atoms with Gasteiger partial charge in [0, 0.05) is 26.6 Å². The summed E-state index contributed by atoms with van der Waals surface area (Å²) in [7, 11) is 0. The van der Waals surface area contributed by atoms with Crippen molar-refractivity contribution in [3.05, 3.63) is 35.4 Å². The molecule has 0 saturated heterocycles. The number of carbonyl (C=O) groups is 2. The number of hydrogen-bond donors (Lipinski definition) is 2. The van der Waals surface area contributed by atoms with Gasteiger partial charge in [0.25, 0.3) is 0 Å². The molecule has 1 aromatic carbocycles.